The van der Waals surface area contributed by atoms with Crippen LogP contribution in [0.5, 0.6) is 0 Å². The number of nitrogens with one attached hydrogen (secondary N) is 1. The molecular formula is C15H19N5OS. The monoisotopic (exact) mass is 317 g/mol. The molecule has 7 heteroatoms. The minimum Gasteiger partial charge on any atom is -0.366 e. The lowest BCUT2D eigenvalue weighted by Gasteiger charge is -2.32. The Morgan fingerprint density at radius 1 is 1.45 bits per heavy atom. The van der Waals surface area contributed by atoms with Crippen molar-refractivity contribution in [2.24, 2.45) is 0 Å². The maximum absolute atomic E-state index is 12.3. The molecule has 116 valence electrons. The van der Waals surface area contributed by atoms with E-state index in [2.05, 4.69) is 20.5 Å². The van der Waals surface area contributed by atoms with Crippen LogP contribution in [0, 0.1) is 6.92 Å². The lowest BCUT2D eigenvalue weighted by molar-refractivity contribution is -0.131. The first-order valence-electron chi connectivity index (χ1n) is 7.44. The van der Waals surface area contributed by atoms with Crippen molar-refractivity contribution in [3.63, 3.8) is 0 Å². The average Bonchev–Trinajstić information content (AvgIpc) is 2.94. The van der Waals surface area contributed by atoms with Crippen LogP contribution in [0.2, 0.25) is 0 Å². The highest BCUT2D eigenvalue weighted by Crippen LogP contribution is 2.16. The lowest BCUT2D eigenvalue weighted by atomic mass is 10.0. The van der Waals surface area contributed by atoms with E-state index in [9.17, 15) is 4.79 Å². The van der Waals surface area contributed by atoms with E-state index in [1.807, 2.05) is 29.3 Å². The third-order valence-electron chi connectivity index (χ3n) is 3.77. The Hall–Kier alpha value is -2.02. The van der Waals surface area contributed by atoms with Crippen LogP contribution in [0.4, 0.5) is 5.82 Å². The number of thiazole rings is 1. The van der Waals surface area contributed by atoms with Gasteiger partial charge in [0.2, 0.25) is 5.91 Å². The Kier molecular flexibility index (Phi) is 4.62. The fourth-order valence-corrected chi connectivity index (χ4v) is 3.23. The van der Waals surface area contributed by atoms with Crippen molar-refractivity contribution in [2.45, 2.75) is 32.2 Å². The summed E-state index contributed by atoms with van der Waals surface area (Å²) in [5.41, 5.74) is 0.882. The molecule has 1 amide bonds. The van der Waals surface area contributed by atoms with E-state index in [4.69, 9.17) is 0 Å². The number of anilines is 1. The molecular weight excluding hydrogens is 298 g/mol. The molecule has 6 nitrogen and oxygen atoms in total. The normalized spacial score (nSPS) is 15.8. The van der Waals surface area contributed by atoms with Gasteiger partial charge in [-0.05, 0) is 31.9 Å². The summed E-state index contributed by atoms with van der Waals surface area (Å²) < 4.78 is 0. The van der Waals surface area contributed by atoms with E-state index in [0.29, 0.717) is 12.5 Å². The molecule has 0 aromatic carbocycles. The third-order valence-corrected chi connectivity index (χ3v) is 4.59. The second-order valence-corrected chi connectivity index (χ2v) is 6.51. The molecule has 0 radical (unpaired) electrons. The molecule has 1 aliphatic rings. The van der Waals surface area contributed by atoms with Gasteiger partial charge < -0.3 is 10.2 Å². The van der Waals surface area contributed by atoms with Crippen LogP contribution < -0.4 is 5.32 Å². The molecule has 0 atom stereocenters. The van der Waals surface area contributed by atoms with Crippen LogP contribution in [0.1, 0.15) is 23.5 Å². The van der Waals surface area contributed by atoms with Crippen LogP contribution in [0.3, 0.4) is 0 Å². The summed E-state index contributed by atoms with van der Waals surface area (Å²) in [5.74, 6) is 0.966. The Morgan fingerprint density at radius 2 is 2.27 bits per heavy atom. The molecule has 2 aromatic heterocycles. The number of hydrogen-bond donors (Lipinski definition) is 1. The first kappa shape index (κ1) is 14.9. The van der Waals surface area contributed by atoms with Crippen LogP contribution in [0.15, 0.2) is 23.7 Å². The molecule has 22 heavy (non-hydrogen) atoms. The summed E-state index contributed by atoms with van der Waals surface area (Å²) in [4.78, 5) is 18.6. The van der Waals surface area contributed by atoms with Gasteiger partial charge in [-0.15, -0.1) is 16.4 Å². The average molecular weight is 317 g/mol. The zero-order chi connectivity index (χ0) is 15.4. The minimum absolute atomic E-state index is 0.170. The minimum atomic E-state index is 0.170. The van der Waals surface area contributed by atoms with Crippen molar-refractivity contribution in [1.82, 2.24) is 20.1 Å². The number of aryl methyl sites for hydroxylation is 1. The maximum atomic E-state index is 12.3. The summed E-state index contributed by atoms with van der Waals surface area (Å²) >= 11 is 1.59. The van der Waals surface area contributed by atoms with Gasteiger partial charge in [-0.3, -0.25) is 4.79 Å². The van der Waals surface area contributed by atoms with E-state index in [-0.39, 0.29) is 5.91 Å². The quantitative estimate of drug-likeness (QED) is 0.932. The van der Waals surface area contributed by atoms with Crippen molar-refractivity contribution in [2.75, 3.05) is 18.4 Å². The molecule has 0 unspecified atom stereocenters. The van der Waals surface area contributed by atoms with E-state index < -0.39 is 0 Å². The summed E-state index contributed by atoms with van der Waals surface area (Å²) in [6.45, 7) is 3.52. The van der Waals surface area contributed by atoms with E-state index in [0.717, 1.165) is 42.5 Å². The molecule has 1 N–H and O–H groups in total. The Morgan fingerprint density at radius 3 is 2.91 bits per heavy atom. The topological polar surface area (TPSA) is 71.0 Å². The number of rotatable bonds is 4. The number of hydrogen-bond acceptors (Lipinski definition) is 6. The summed E-state index contributed by atoms with van der Waals surface area (Å²) in [6, 6.07) is 4.13. The molecule has 3 heterocycles. The van der Waals surface area contributed by atoms with Crippen LogP contribution >= 0.6 is 11.3 Å². The Bertz CT molecular complexity index is 622. The highest BCUT2D eigenvalue weighted by molar-refractivity contribution is 7.09. The molecule has 0 saturated carbocycles. The van der Waals surface area contributed by atoms with Gasteiger partial charge in [-0.1, -0.05) is 0 Å². The standard InChI is InChI=1S/C15H19N5OS/c1-11-17-13(10-22-11)9-15(21)20-7-4-12(5-8-20)18-14-3-2-6-16-19-14/h2-3,6,10,12H,4-5,7-9H2,1H3,(H,18,19). The van der Waals surface area contributed by atoms with Gasteiger partial charge >= 0.3 is 0 Å². The largest absolute Gasteiger partial charge is 0.366 e. The number of likely N-dealkylation sites (tertiary alicyclic amines) is 1. The highest BCUT2D eigenvalue weighted by atomic mass is 32.1. The van der Waals surface area contributed by atoms with E-state index >= 15 is 0 Å². The molecule has 2 aromatic rings. The highest BCUT2D eigenvalue weighted by Gasteiger charge is 2.23. The van der Waals surface area contributed by atoms with Crippen LogP contribution in [-0.2, 0) is 11.2 Å². The maximum Gasteiger partial charge on any atom is 0.228 e. The Balaban J connectivity index is 1.48. The van der Waals surface area contributed by atoms with Crippen LogP contribution in [-0.4, -0.2) is 45.1 Å². The zero-order valence-electron chi connectivity index (χ0n) is 12.5. The molecule has 3 rings (SSSR count). The number of amides is 1. The van der Waals surface area contributed by atoms with Gasteiger partial charge in [-0.25, -0.2) is 4.98 Å². The molecule has 0 aliphatic carbocycles. The molecule has 0 bridgehead atoms. The van der Waals surface area contributed by atoms with Gasteiger partial charge in [0.1, 0.15) is 5.82 Å². The Labute approximate surface area is 133 Å². The van der Waals surface area contributed by atoms with Gasteiger partial charge in [0, 0.05) is 30.7 Å². The fourth-order valence-electron chi connectivity index (χ4n) is 2.62. The van der Waals surface area contributed by atoms with Gasteiger partial charge in [0.15, 0.2) is 0 Å². The number of carbonyl (C=O) groups excluding carboxylic acids is 1. The van der Waals surface area contributed by atoms with Crippen LogP contribution in [0.25, 0.3) is 0 Å². The van der Waals surface area contributed by atoms with Crippen molar-refractivity contribution in [3.8, 4) is 0 Å². The predicted octanol–water partition coefficient (Wildman–Crippen LogP) is 1.89. The molecule has 1 aliphatic heterocycles. The number of nitrogens with zero attached hydrogens (tertiary/aromatic N) is 4. The summed E-state index contributed by atoms with van der Waals surface area (Å²) in [6.07, 6.45) is 3.93. The third kappa shape index (κ3) is 3.79. The second kappa shape index (κ2) is 6.83. The predicted molar refractivity (Wildman–Crippen MR) is 85.8 cm³/mol. The number of piperidine rings is 1. The zero-order valence-corrected chi connectivity index (χ0v) is 13.3. The van der Waals surface area contributed by atoms with Crippen molar-refractivity contribution in [1.29, 1.82) is 0 Å². The molecule has 1 saturated heterocycles. The van der Waals surface area contributed by atoms with Gasteiger partial charge in [0.05, 0.1) is 17.1 Å². The number of aromatic nitrogens is 3. The van der Waals surface area contributed by atoms with E-state index in [1.165, 1.54) is 0 Å². The van der Waals surface area contributed by atoms with Crippen molar-refractivity contribution < 1.29 is 4.79 Å². The van der Waals surface area contributed by atoms with Gasteiger partial charge in [-0.2, -0.15) is 5.10 Å². The van der Waals surface area contributed by atoms with E-state index in [1.54, 1.807) is 17.5 Å². The fraction of sp³-hybridized carbons (Fsp3) is 0.467. The second-order valence-electron chi connectivity index (χ2n) is 5.44. The first-order valence-corrected chi connectivity index (χ1v) is 8.31. The lowest BCUT2D eigenvalue weighted by Crippen LogP contribution is -2.43. The molecule has 1 fully saturated rings. The molecule has 0 spiro atoms. The summed E-state index contributed by atoms with van der Waals surface area (Å²) in [5, 5.41) is 14.2. The smallest absolute Gasteiger partial charge is 0.228 e. The first-order chi connectivity index (χ1) is 10.7. The van der Waals surface area contributed by atoms with Gasteiger partial charge in [0.25, 0.3) is 0 Å². The number of carbonyl (C=O) groups is 1. The van der Waals surface area contributed by atoms with Crippen molar-refractivity contribution >= 4 is 23.1 Å². The summed E-state index contributed by atoms with van der Waals surface area (Å²) in [7, 11) is 0. The SMILES string of the molecule is Cc1nc(CC(=O)N2CCC(Nc3cccnn3)CC2)cs1. The van der Waals surface area contributed by atoms with Crippen molar-refractivity contribution in [3.05, 3.63) is 34.4 Å².